The van der Waals surface area contributed by atoms with Gasteiger partial charge in [0, 0.05) is 18.9 Å². The fourth-order valence-electron chi connectivity index (χ4n) is 1.23. The molecule has 0 saturated carbocycles. The molecule has 0 saturated heterocycles. The molecule has 1 unspecified atom stereocenters. The number of methoxy groups -OCH3 is 1. The van der Waals surface area contributed by atoms with Gasteiger partial charge in [0.25, 0.3) is 0 Å². The van der Waals surface area contributed by atoms with Gasteiger partial charge in [0.1, 0.15) is 5.76 Å². The van der Waals surface area contributed by atoms with Crippen molar-refractivity contribution >= 4 is 17.6 Å². The fourth-order valence-corrected chi connectivity index (χ4v) is 1.39. The Morgan fingerprint density at radius 1 is 1.67 bits per heavy atom. The Morgan fingerprint density at radius 2 is 2.40 bits per heavy atom. The monoisotopic (exact) mass is 231 g/mol. The average molecular weight is 232 g/mol. The van der Waals surface area contributed by atoms with Crippen LogP contribution in [0.1, 0.15) is 18.6 Å². The number of ether oxygens (including phenoxy) is 1. The van der Waals surface area contributed by atoms with Crippen molar-refractivity contribution in [1.82, 2.24) is 0 Å². The molecule has 5 heteroatoms. The Kier molecular flexibility index (Phi) is 4.65. The van der Waals surface area contributed by atoms with Gasteiger partial charge in [0.05, 0.1) is 7.11 Å². The molecular weight excluding hydrogens is 218 g/mol. The molecule has 1 atom stereocenters. The number of rotatable bonds is 5. The first kappa shape index (κ1) is 12.1. The maximum Gasteiger partial charge on any atom is 0.305 e. The highest BCUT2D eigenvalue weighted by atomic mass is 35.5. The van der Waals surface area contributed by atoms with Gasteiger partial charge < -0.3 is 14.9 Å². The third kappa shape index (κ3) is 4.36. The molecule has 1 aromatic heterocycles. The third-order valence-corrected chi connectivity index (χ3v) is 2.24. The third-order valence-electron chi connectivity index (χ3n) is 2.04. The molecule has 0 aliphatic carbocycles. The number of carbonyl (C=O) groups excluding carboxylic acids is 1. The van der Waals surface area contributed by atoms with Crippen LogP contribution in [0.2, 0.25) is 5.22 Å². The second kappa shape index (κ2) is 5.78. The van der Waals surface area contributed by atoms with Crippen LogP contribution in [0.4, 0.5) is 0 Å². The zero-order valence-electron chi connectivity index (χ0n) is 8.53. The van der Waals surface area contributed by atoms with Crippen LogP contribution in [-0.4, -0.2) is 19.1 Å². The average Bonchev–Trinajstić information content (AvgIpc) is 2.60. The highest BCUT2D eigenvalue weighted by Gasteiger charge is 2.10. The summed E-state index contributed by atoms with van der Waals surface area (Å²) in [6.07, 6.45) is 1.47. The zero-order valence-corrected chi connectivity index (χ0v) is 9.29. The number of carbonyl (C=O) groups is 1. The number of hydrogen-bond acceptors (Lipinski definition) is 4. The van der Waals surface area contributed by atoms with E-state index < -0.39 is 0 Å². The van der Waals surface area contributed by atoms with Gasteiger partial charge >= 0.3 is 5.97 Å². The summed E-state index contributed by atoms with van der Waals surface area (Å²) in [5.74, 6) is 0.486. The van der Waals surface area contributed by atoms with Crippen molar-refractivity contribution < 1.29 is 13.9 Å². The molecule has 0 aliphatic heterocycles. The molecule has 1 aromatic rings. The first-order valence-electron chi connectivity index (χ1n) is 4.68. The van der Waals surface area contributed by atoms with E-state index in [1.807, 2.05) is 0 Å². The van der Waals surface area contributed by atoms with Crippen molar-refractivity contribution in [2.75, 3.05) is 7.11 Å². The lowest BCUT2D eigenvalue weighted by Gasteiger charge is -2.08. The molecule has 15 heavy (non-hydrogen) atoms. The van der Waals surface area contributed by atoms with Gasteiger partial charge in [-0.15, -0.1) is 0 Å². The van der Waals surface area contributed by atoms with E-state index in [9.17, 15) is 4.79 Å². The number of halogens is 1. The standard InChI is InChI=1S/C10H14ClNO3/c1-14-10(13)5-2-7(12)6-8-3-4-9(11)15-8/h3-4,7H,2,5-6,12H2,1H3. The van der Waals surface area contributed by atoms with Crippen LogP contribution in [0.3, 0.4) is 0 Å². The first-order chi connectivity index (χ1) is 7.11. The van der Waals surface area contributed by atoms with Crippen LogP contribution in [0.15, 0.2) is 16.5 Å². The van der Waals surface area contributed by atoms with Crippen molar-refractivity contribution in [3.05, 3.63) is 23.1 Å². The minimum atomic E-state index is -0.247. The second-order valence-electron chi connectivity index (χ2n) is 3.28. The largest absolute Gasteiger partial charge is 0.469 e. The van der Waals surface area contributed by atoms with Gasteiger partial charge in [-0.3, -0.25) is 4.79 Å². The predicted octanol–water partition coefficient (Wildman–Crippen LogP) is 1.76. The summed E-state index contributed by atoms with van der Waals surface area (Å²) in [5.41, 5.74) is 5.81. The zero-order chi connectivity index (χ0) is 11.3. The second-order valence-corrected chi connectivity index (χ2v) is 3.66. The summed E-state index contributed by atoms with van der Waals surface area (Å²) in [5, 5.41) is 0.352. The smallest absolute Gasteiger partial charge is 0.305 e. The molecule has 2 N–H and O–H groups in total. The minimum absolute atomic E-state index is 0.119. The minimum Gasteiger partial charge on any atom is -0.469 e. The molecular formula is C10H14ClNO3. The van der Waals surface area contributed by atoms with Crippen LogP contribution in [0.5, 0.6) is 0 Å². The Morgan fingerprint density at radius 3 is 2.93 bits per heavy atom. The highest BCUT2D eigenvalue weighted by Crippen LogP contribution is 2.15. The van der Waals surface area contributed by atoms with Crippen molar-refractivity contribution in [2.45, 2.75) is 25.3 Å². The van der Waals surface area contributed by atoms with Gasteiger partial charge in [-0.25, -0.2) is 0 Å². The molecule has 0 spiro atoms. The summed E-state index contributed by atoms with van der Waals surface area (Å²) in [4.78, 5) is 10.9. The first-order valence-corrected chi connectivity index (χ1v) is 5.06. The number of hydrogen-bond donors (Lipinski definition) is 1. The van der Waals surface area contributed by atoms with E-state index in [0.29, 0.717) is 24.5 Å². The fraction of sp³-hybridized carbons (Fsp3) is 0.500. The Balaban J connectivity index is 2.30. The molecule has 84 valence electrons. The lowest BCUT2D eigenvalue weighted by molar-refractivity contribution is -0.140. The Hall–Kier alpha value is -1.00. The number of nitrogens with two attached hydrogens (primary N) is 1. The van der Waals surface area contributed by atoms with Gasteiger partial charge in [-0.2, -0.15) is 0 Å². The quantitative estimate of drug-likeness (QED) is 0.785. The lowest BCUT2D eigenvalue weighted by Crippen LogP contribution is -2.23. The maximum absolute atomic E-state index is 10.9. The van der Waals surface area contributed by atoms with Crippen molar-refractivity contribution in [2.24, 2.45) is 5.73 Å². The normalized spacial score (nSPS) is 12.5. The van der Waals surface area contributed by atoms with Crippen LogP contribution in [0.25, 0.3) is 0 Å². The summed E-state index contributed by atoms with van der Waals surface area (Å²) in [6, 6.07) is 3.33. The van der Waals surface area contributed by atoms with E-state index in [0.717, 1.165) is 5.76 Å². The van der Waals surface area contributed by atoms with Crippen molar-refractivity contribution in [1.29, 1.82) is 0 Å². The van der Waals surface area contributed by atoms with E-state index >= 15 is 0 Å². The van der Waals surface area contributed by atoms with E-state index in [1.54, 1.807) is 12.1 Å². The molecule has 1 heterocycles. The van der Waals surface area contributed by atoms with Crippen LogP contribution >= 0.6 is 11.6 Å². The summed E-state index contributed by atoms with van der Waals surface area (Å²) in [6.45, 7) is 0. The van der Waals surface area contributed by atoms with Crippen molar-refractivity contribution in [3.63, 3.8) is 0 Å². The van der Waals surface area contributed by atoms with E-state index in [4.69, 9.17) is 21.8 Å². The lowest BCUT2D eigenvalue weighted by atomic mass is 10.1. The highest BCUT2D eigenvalue weighted by molar-refractivity contribution is 6.28. The molecule has 0 radical (unpaired) electrons. The SMILES string of the molecule is COC(=O)CCC(N)Cc1ccc(Cl)o1. The predicted molar refractivity (Wildman–Crippen MR) is 56.6 cm³/mol. The molecule has 0 aromatic carbocycles. The topological polar surface area (TPSA) is 65.5 Å². The number of esters is 1. The summed E-state index contributed by atoms with van der Waals surface area (Å²) in [7, 11) is 1.36. The van der Waals surface area contributed by atoms with Crippen LogP contribution < -0.4 is 5.73 Å². The Labute approximate surface area is 93.3 Å². The van der Waals surface area contributed by atoms with Crippen molar-refractivity contribution in [3.8, 4) is 0 Å². The Bertz CT molecular complexity index is 324. The van der Waals surface area contributed by atoms with Crippen LogP contribution in [-0.2, 0) is 16.0 Å². The van der Waals surface area contributed by atoms with Crippen LogP contribution in [0, 0.1) is 0 Å². The van der Waals surface area contributed by atoms with E-state index in [2.05, 4.69) is 4.74 Å². The molecule has 0 bridgehead atoms. The van der Waals surface area contributed by atoms with Gasteiger partial charge in [-0.1, -0.05) is 0 Å². The van der Waals surface area contributed by atoms with Gasteiger partial charge in [0.15, 0.2) is 5.22 Å². The van der Waals surface area contributed by atoms with E-state index in [1.165, 1.54) is 7.11 Å². The van der Waals surface area contributed by atoms with Gasteiger partial charge in [-0.05, 0) is 30.2 Å². The maximum atomic E-state index is 10.9. The molecule has 0 amide bonds. The molecule has 0 aliphatic rings. The molecule has 4 nitrogen and oxygen atoms in total. The molecule has 0 fully saturated rings. The van der Waals surface area contributed by atoms with E-state index in [-0.39, 0.29) is 12.0 Å². The number of furan rings is 1. The molecule has 1 rings (SSSR count). The summed E-state index contributed by atoms with van der Waals surface area (Å²) < 4.78 is 9.67. The summed E-state index contributed by atoms with van der Waals surface area (Å²) >= 11 is 5.61. The van der Waals surface area contributed by atoms with Gasteiger partial charge in [0.2, 0.25) is 0 Å².